The molecule has 0 radical (unpaired) electrons. The van der Waals surface area contributed by atoms with Crippen molar-refractivity contribution in [1.82, 2.24) is 5.43 Å². The Labute approximate surface area is 121 Å². The van der Waals surface area contributed by atoms with Gasteiger partial charge in [0.1, 0.15) is 0 Å². The van der Waals surface area contributed by atoms with E-state index >= 15 is 0 Å². The minimum absolute atomic E-state index is 0.0677. The Balaban J connectivity index is 2.39. The second-order valence-electron chi connectivity index (χ2n) is 4.27. The highest BCUT2D eigenvalue weighted by atomic mass is 35.5. The number of ether oxygens (including phenoxy) is 1. The van der Waals surface area contributed by atoms with E-state index in [1.165, 1.54) is 31.2 Å². The maximum absolute atomic E-state index is 12.4. The van der Waals surface area contributed by atoms with Gasteiger partial charge in [0.2, 0.25) is 19.7 Å². The Bertz CT molecular complexity index is 770. The standard InChI is InChI=1S/C10H11ClN2O5S2/c1-10(13-12-9(18-10)19(2,14)15)20(16,17)8-5-3-7(11)4-6-8/h3-6,13H,1-2H3. The van der Waals surface area contributed by atoms with Crippen LogP contribution in [0.2, 0.25) is 5.02 Å². The lowest BCUT2D eigenvalue weighted by molar-refractivity contribution is 0.159. The second-order valence-corrected chi connectivity index (χ2v) is 8.85. The van der Waals surface area contributed by atoms with Gasteiger partial charge in [-0.25, -0.2) is 16.8 Å². The summed E-state index contributed by atoms with van der Waals surface area (Å²) in [5.41, 5.74) is 2.21. The Morgan fingerprint density at radius 2 is 1.75 bits per heavy atom. The summed E-state index contributed by atoms with van der Waals surface area (Å²) in [6.45, 7) is 1.18. The molecule has 0 bridgehead atoms. The first kappa shape index (κ1) is 15.1. The van der Waals surface area contributed by atoms with Crippen LogP contribution in [-0.2, 0) is 24.4 Å². The van der Waals surface area contributed by atoms with Crippen LogP contribution in [0.5, 0.6) is 0 Å². The van der Waals surface area contributed by atoms with Crippen molar-refractivity contribution >= 4 is 36.5 Å². The first-order valence-corrected chi connectivity index (χ1v) is 9.06. The van der Waals surface area contributed by atoms with Gasteiger partial charge in [0.15, 0.2) is 0 Å². The number of sulfone groups is 2. The van der Waals surface area contributed by atoms with Gasteiger partial charge in [0.05, 0.1) is 4.90 Å². The summed E-state index contributed by atoms with van der Waals surface area (Å²) in [5.74, 6) is 0. The molecule has 10 heteroatoms. The lowest BCUT2D eigenvalue weighted by Crippen LogP contribution is -2.46. The minimum atomic E-state index is -4.02. The van der Waals surface area contributed by atoms with Gasteiger partial charge in [-0.2, -0.15) is 0 Å². The second kappa shape index (κ2) is 4.61. The molecule has 0 aromatic heterocycles. The van der Waals surface area contributed by atoms with Crippen LogP contribution in [0.4, 0.5) is 0 Å². The molecule has 0 saturated heterocycles. The largest absolute Gasteiger partial charge is 0.425 e. The Kier molecular flexibility index (Phi) is 3.47. The molecule has 7 nitrogen and oxygen atoms in total. The zero-order valence-corrected chi connectivity index (χ0v) is 12.9. The van der Waals surface area contributed by atoms with E-state index in [4.69, 9.17) is 16.3 Å². The molecule has 110 valence electrons. The van der Waals surface area contributed by atoms with Gasteiger partial charge in [0, 0.05) is 18.2 Å². The molecule has 1 aliphatic heterocycles. The van der Waals surface area contributed by atoms with Crippen molar-refractivity contribution in [2.75, 3.05) is 6.26 Å². The first-order valence-electron chi connectivity index (χ1n) is 5.30. The van der Waals surface area contributed by atoms with Crippen LogP contribution >= 0.6 is 11.6 Å². The summed E-state index contributed by atoms with van der Waals surface area (Å²) in [6.07, 6.45) is 0.869. The molecule has 1 atom stereocenters. The Morgan fingerprint density at radius 1 is 1.20 bits per heavy atom. The average Bonchev–Trinajstić information content (AvgIpc) is 2.74. The van der Waals surface area contributed by atoms with Crippen molar-refractivity contribution < 1.29 is 21.6 Å². The van der Waals surface area contributed by atoms with E-state index in [0.717, 1.165) is 6.26 Å². The van der Waals surface area contributed by atoms with Crippen LogP contribution in [0, 0.1) is 0 Å². The highest BCUT2D eigenvalue weighted by Crippen LogP contribution is 2.29. The monoisotopic (exact) mass is 338 g/mol. The van der Waals surface area contributed by atoms with Gasteiger partial charge in [0.25, 0.3) is 0 Å². The van der Waals surface area contributed by atoms with Gasteiger partial charge in [-0.1, -0.05) is 11.6 Å². The van der Waals surface area contributed by atoms with Crippen molar-refractivity contribution in [3.8, 4) is 0 Å². The molecule has 0 amide bonds. The third-order valence-corrected chi connectivity index (χ3v) is 5.74. The Morgan fingerprint density at radius 3 is 2.20 bits per heavy atom. The quantitative estimate of drug-likeness (QED) is 0.852. The fraction of sp³-hybridized carbons (Fsp3) is 0.300. The summed E-state index contributed by atoms with van der Waals surface area (Å²) >= 11 is 5.70. The van der Waals surface area contributed by atoms with E-state index in [9.17, 15) is 16.8 Å². The van der Waals surface area contributed by atoms with Gasteiger partial charge < -0.3 is 4.74 Å². The molecule has 1 aliphatic rings. The van der Waals surface area contributed by atoms with E-state index in [-0.39, 0.29) is 4.90 Å². The number of benzene rings is 1. The van der Waals surface area contributed by atoms with E-state index in [1.807, 2.05) is 0 Å². The summed E-state index contributed by atoms with van der Waals surface area (Å²) in [6, 6.07) is 5.41. The number of halogens is 1. The molecule has 1 N–H and O–H groups in total. The number of hydrogen-bond donors (Lipinski definition) is 1. The van der Waals surface area contributed by atoms with E-state index in [2.05, 4.69) is 10.5 Å². The topological polar surface area (TPSA) is 102 Å². The van der Waals surface area contributed by atoms with Crippen LogP contribution in [-0.4, -0.2) is 33.4 Å². The number of hydrogen-bond acceptors (Lipinski definition) is 7. The van der Waals surface area contributed by atoms with Crippen LogP contribution in [0.25, 0.3) is 0 Å². The highest BCUT2D eigenvalue weighted by Gasteiger charge is 2.49. The van der Waals surface area contributed by atoms with Crippen molar-refractivity contribution in [3.63, 3.8) is 0 Å². The molecular weight excluding hydrogens is 328 g/mol. The number of hydrazone groups is 1. The van der Waals surface area contributed by atoms with Crippen LogP contribution in [0.15, 0.2) is 34.3 Å². The molecule has 1 aromatic rings. The predicted molar refractivity (Wildman–Crippen MR) is 73.5 cm³/mol. The molecule has 1 unspecified atom stereocenters. The van der Waals surface area contributed by atoms with Crippen LogP contribution < -0.4 is 5.43 Å². The summed E-state index contributed by atoms with van der Waals surface area (Å²) in [4.78, 5) is -0.0677. The SMILES string of the molecule is CC1(S(=O)(=O)c2ccc(Cl)cc2)NN=C(S(C)(=O)=O)O1. The third-order valence-electron chi connectivity index (χ3n) is 2.59. The summed E-state index contributed by atoms with van der Waals surface area (Å²) < 4.78 is 52.5. The molecule has 1 heterocycles. The maximum atomic E-state index is 12.4. The zero-order valence-electron chi connectivity index (χ0n) is 10.5. The molecule has 0 fully saturated rings. The van der Waals surface area contributed by atoms with E-state index < -0.39 is 30.0 Å². The van der Waals surface area contributed by atoms with E-state index in [1.54, 1.807) is 0 Å². The molecule has 0 aliphatic carbocycles. The van der Waals surface area contributed by atoms with Gasteiger partial charge in [-0.15, -0.1) is 5.10 Å². The van der Waals surface area contributed by atoms with Crippen LogP contribution in [0.3, 0.4) is 0 Å². The smallest absolute Gasteiger partial charge is 0.329 e. The lowest BCUT2D eigenvalue weighted by atomic mass is 10.4. The average molecular weight is 339 g/mol. The summed E-state index contributed by atoms with van der Waals surface area (Å²) in [5, 5.41) is 1.14. The fourth-order valence-electron chi connectivity index (χ4n) is 1.47. The molecule has 2 rings (SSSR count). The van der Waals surface area contributed by atoms with Crippen molar-refractivity contribution in [3.05, 3.63) is 29.3 Å². The van der Waals surface area contributed by atoms with Crippen molar-refractivity contribution in [1.29, 1.82) is 0 Å². The number of nitrogens with one attached hydrogen (secondary N) is 1. The van der Waals surface area contributed by atoms with Crippen LogP contribution in [0.1, 0.15) is 6.92 Å². The third kappa shape index (κ3) is 2.48. The summed E-state index contributed by atoms with van der Waals surface area (Å²) in [7, 11) is -7.76. The molecule has 1 aromatic carbocycles. The van der Waals surface area contributed by atoms with Gasteiger partial charge >= 0.3 is 10.3 Å². The number of nitrogens with zero attached hydrogens (tertiary/aromatic N) is 1. The molecule has 0 saturated carbocycles. The Hall–Kier alpha value is -1.32. The van der Waals surface area contributed by atoms with Gasteiger partial charge in [-0.05, 0) is 24.3 Å². The normalized spacial score (nSPS) is 22.9. The highest BCUT2D eigenvalue weighted by molar-refractivity contribution is 8.05. The van der Waals surface area contributed by atoms with E-state index in [0.29, 0.717) is 5.02 Å². The maximum Gasteiger partial charge on any atom is 0.329 e. The number of rotatable bonds is 2. The molecular formula is C10H11ClN2O5S2. The van der Waals surface area contributed by atoms with Crippen molar-refractivity contribution in [2.45, 2.75) is 16.9 Å². The first-order chi connectivity index (χ1) is 9.06. The fourth-order valence-corrected chi connectivity index (χ4v) is 3.48. The minimum Gasteiger partial charge on any atom is -0.425 e. The lowest BCUT2D eigenvalue weighted by Gasteiger charge is -2.23. The predicted octanol–water partition coefficient (Wildman–Crippen LogP) is 0.723. The van der Waals surface area contributed by atoms with Gasteiger partial charge in [-0.3, -0.25) is 5.43 Å². The van der Waals surface area contributed by atoms with Crippen molar-refractivity contribution in [2.24, 2.45) is 5.10 Å². The molecule has 0 spiro atoms. The zero-order chi connectivity index (χ0) is 15.2. The molecule has 20 heavy (non-hydrogen) atoms.